The highest BCUT2D eigenvalue weighted by Gasteiger charge is 2.25. The number of nitrogens with two attached hydrogens (primary N) is 1. The minimum absolute atomic E-state index is 0.526. The number of hydrogen-bond donors (Lipinski definition) is 1. The molecular formula is C15H24N2. The van der Waals surface area contributed by atoms with E-state index in [1.165, 1.54) is 37.1 Å². The Morgan fingerprint density at radius 3 is 2.94 bits per heavy atom. The van der Waals surface area contributed by atoms with Crippen molar-refractivity contribution in [3.05, 3.63) is 35.4 Å². The number of hydrogen-bond acceptors (Lipinski definition) is 2. The van der Waals surface area contributed by atoms with Gasteiger partial charge in [0.1, 0.15) is 0 Å². The van der Waals surface area contributed by atoms with Gasteiger partial charge in [0, 0.05) is 12.5 Å². The van der Waals surface area contributed by atoms with E-state index in [1.807, 2.05) is 0 Å². The van der Waals surface area contributed by atoms with Crippen LogP contribution in [0.25, 0.3) is 0 Å². The molecule has 17 heavy (non-hydrogen) atoms. The Hall–Kier alpha value is -0.860. The SMILES string of the molecule is Cc1cccc(C(CN)C2CCCN(C)C2)c1. The molecule has 2 unspecified atom stereocenters. The van der Waals surface area contributed by atoms with Gasteiger partial charge in [-0.25, -0.2) is 0 Å². The fourth-order valence-corrected chi connectivity index (χ4v) is 3.04. The first-order valence-electron chi connectivity index (χ1n) is 6.66. The van der Waals surface area contributed by atoms with Crippen molar-refractivity contribution < 1.29 is 0 Å². The van der Waals surface area contributed by atoms with Crippen molar-refractivity contribution in [2.45, 2.75) is 25.7 Å². The van der Waals surface area contributed by atoms with Crippen molar-refractivity contribution in [3.8, 4) is 0 Å². The van der Waals surface area contributed by atoms with Crippen LogP contribution >= 0.6 is 0 Å². The fourth-order valence-electron chi connectivity index (χ4n) is 3.04. The van der Waals surface area contributed by atoms with E-state index in [0.29, 0.717) is 5.92 Å². The van der Waals surface area contributed by atoms with Gasteiger partial charge in [0.25, 0.3) is 0 Å². The first-order valence-corrected chi connectivity index (χ1v) is 6.66. The molecule has 1 aromatic rings. The normalized spacial score (nSPS) is 23.6. The summed E-state index contributed by atoms with van der Waals surface area (Å²) in [6.07, 6.45) is 2.63. The van der Waals surface area contributed by atoms with Gasteiger partial charge in [-0.2, -0.15) is 0 Å². The summed E-state index contributed by atoms with van der Waals surface area (Å²) in [5.74, 6) is 1.25. The second-order valence-electron chi connectivity index (χ2n) is 5.42. The summed E-state index contributed by atoms with van der Waals surface area (Å²) in [5.41, 5.74) is 8.77. The third kappa shape index (κ3) is 3.08. The summed E-state index contributed by atoms with van der Waals surface area (Å²) in [6.45, 7) is 5.35. The fraction of sp³-hybridized carbons (Fsp3) is 0.600. The second kappa shape index (κ2) is 5.65. The molecule has 1 aliphatic heterocycles. The Morgan fingerprint density at radius 2 is 2.29 bits per heavy atom. The maximum Gasteiger partial charge on any atom is 0.00129 e. The van der Waals surface area contributed by atoms with E-state index in [0.717, 1.165) is 12.5 Å². The first-order chi connectivity index (χ1) is 8.20. The summed E-state index contributed by atoms with van der Waals surface area (Å²) < 4.78 is 0. The van der Waals surface area contributed by atoms with Gasteiger partial charge in [0.15, 0.2) is 0 Å². The van der Waals surface area contributed by atoms with Crippen LogP contribution < -0.4 is 5.73 Å². The lowest BCUT2D eigenvalue weighted by atomic mass is 9.81. The average molecular weight is 232 g/mol. The molecule has 1 heterocycles. The van der Waals surface area contributed by atoms with Crippen molar-refractivity contribution in [1.29, 1.82) is 0 Å². The van der Waals surface area contributed by atoms with Crippen LogP contribution in [0.5, 0.6) is 0 Å². The first kappa shape index (κ1) is 12.6. The van der Waals surface area contributed by atoms with Crippen molar-refractivity contribution >= 4 is 0 Å². The largest absolute Gasteiger partial charge is 0.330 e. The lowest BCUT2D eigenvalue weighted by molar-refractivity contribution is 0.188. The van der Waals surface area contributed by atoms with E-state index in [-0.39, 0.29) is 0 Å². The summed E-state index contributed by atoms with van der Waals surface area (Å²) >= 11 is 0. The topological polar surface area (TPSA) is 29.3 Å². The maximum atomic E-state index is 6.01. The van der Waals surface area contributed by atoms with Crippen molar-refractivity contribution in [3.63, 3.8) is 0 Å². The van der Waals surface area contributed by atoms with Crippen LogP contribution in [0.15, 0.2) is 24.3 Å². The van der Waals surface area contributed by atoms with E-state index in [2.05, 4.69) is 43.1 Å². The molecule has 2 heteroatoms. The zero-order valence-electron chi connectivity index (χ0n) is 11.0. The van der Waals surface area contributed by atoms with Crippen molar-refractivity contribution in [2.24, 2.45) is 11.7 Å². The summed E-state index contributed by atoms with van der Waals surface area (Å²) in [7, 11) is 2.22. The molecule has 2 atom stereocenters. The van der Waals surface area contributed by atoms with E-state index in [9.17, 15) is 0 Å². The smallest absolute Gasteiger partial charge is 0.00129 e. The van der Waals surface area contributed by atoms with Gasteiger partial charge in [-0.05, 0) is 51.4 Å². The van der Waals surface area contributed by atoms with E-state index in [1.54, 1.807) is 0 Å². The highest BCUT2D eigenvalue weighted by Crippen LogP contribution is 2.30. The lowest BCUT2D eigenvalue weighted by Crippen LogP contribution is -2.37. The van der Waals surface area contributed by atoms with E-state index < -0.39 is 0 Å². The molecule has 0 aliphatic carbocycles. The molecule has 94 valence electrons. The average Bonchev–Trinajstić information content (AvgIpc) is 2.30. The quantitative estimate of drug-likeness (QED) is 0.867. The van der Waals surface area contributed by atoms with Crippen LogP contribution in [0.1, 0.15) is 29.9 Å². The Bertz CT molecular complexity index is 362. The molecular weight excluding hydrogens is 208 g/mol. The van der Waals surface area contributed by atoms with Crippen LogP contribution in [0, 0.1) is 12.8 Å². The minimum atomic E-state index is 0.526. The van der Waals surface area contributed by atoms with Gasteiger partial charge in [-0.1, -0.05) is 29.8 Å². The van der Waals surface area contributed by atoms with E-state index in [4.69, 9.17) is 5.73 Å². The highest BCUT2D eigenvalue weighted by molar-refractivity contribution is 5.26. The molecule has 2 nitrogen and oxygen atoms in total. The molecule has 1 aliphatic rings. The van der Waals surface area contributed by atoms with E-state index >= 15 is 0 Å². The van der Waals surface area contributed by atoms with Gasteiger partial charge < -0.3 is 10.6 Å². The second-order valence-corrected chi connectivity index (χ2v) is 5.42. The third-order valence-corrected chi connectivity index (χ3v) is 3.95. The highest BCUT2D eigenvalue weighted by atomic mass is 15.1. The summed E-state index contributed by atoms with van der Waals surface area (Å²) in [6, 6.07) is 8.84. The predicted molar refractivity (Wildman–Crippen MR) is 73.2 cm³/mol. The van der Waals surface area contributed by atoms with Crippen LogP contribution in [0.2, 0.25) is 0 Å². The third-order valence-electron chi connectivity index (χ3n) is 3.95. The van der Waals surface area contributed by atoms with Crippen LogP contribution in [-0.4, -0.2) is 31.6 Å². The van der Waals surface area contributed by atoms with Crippen molar-refractivity contribution in [1.82, 2.24) is 4.90 Å². The van der Waals surface area contributed by atoms with Gasteiger partial charge in [0.2, 0.25) is 0 Å². The molecule has 0 amide bonds. The Morgan fingerprint density at radius 1 is 1.47 bits per heavy atom. The minimum Gasteiger partial charge on any atom is -0.330 e. The Kier molecular flexibility index (Phi) is 4.19. The zero-order chi connectivity index (χ0) is 12.3. The lowest BCUT2D eigenvalue weighted by Gasteiger charge is -2.35. The Balaban J connectivity index is 2.15. The number of benzene rings is 1. The molecule has 2 rings (SSSR count). The molecule has 2 N–H and O–H groups in total. The van der Waals surface area contributed by atoms with Gasteiger partial charge in [-0.3, -0.25) is 0 Å². The number of nitrogens with zero attached hydrogens (tertiary/aromatic N) is 1. The van der Waals surface area contributed by atoms with Crippen molar-refractivity contribution in [2.75, 3.05) is 26.7 Å². The number of piperidine rings is 1. The molecule has 0 radical (unpaired) electrons. The molecule has 0 aromatic heterocycles. The molecule has 0 spiro atoms. The maximum absolute atomic E-state index is 6.01. The molecule has 1 saturated heterocycles. The monoisotopic (exact) mass is 232 g/mol. The zero-order valence-corrected chi connectivity index (χ0v) is 11.0. The van der Waals surface area contributed by atoms with Crippen LogP contribution in [0.3, 0.4) is 0 Å². The number of likely N-dealkylation sites (tertiary alicyclic amines) is 1. The summed E-state index contributed by atoms with van der Waals surface area (Å²) in [5, 5.41) is 0. The summed E-state index contributed by atoms with van der Waals surface area (Å²) in [4.78, 5) is 2.44. The van der Waals surface area contributed by atoms with Gasteiger partial charge in [-0.15, -0.1) is 0 Å². The standard InChI is InChI=1S/C15H24N2/c1-12-5-3-6-13(9-12)15(10-16)14-7-4-8-17(2)11-14/h3,5-6,9,14-15H,4,7-8,10-11,16H2,1-2H3. The molecule has 0 saturated carbocycles. The van der Waals surface area contributed by atoms with Crippen LogP contribution in [-0.2, 0) is 0 Å². The molecule has 1 fully saturated rings. The van der Waals surface area contributed by atoms with Crippen LogP contribution in [0.4, 0.5) is 0 Å². The number of rotatable bonds is 3. The number of aryl methyl sites for hydroxylation is 1. The molecule has 1 aromatic carbocycles. The van der Waals surface area contributed by atoms with Gasteiger partial charge >= 0.3 is 0 Å². The van der Waals surface area contributed by atoms with Gasteiger partial charge in [0.05, 0.1) is 0 Å². The predicted octanol–water partition coefficient (Wildman–Crippen LogP) is 2.38. The Labute approximate surface area is 105 Å². The molecule has 0 bridgehead atoms.